The minimum absolute atomic E-state index is 0.209. The van der Waals surface area contributed by atoms with Crippen LogP contribution in [0, 0.1) is 6.92 Å². The molecule has 1 aromatic carbocycles. The summed E-state index contributed by atoms with van der Waals surface area (Å²) in [4.78, 5) is 15.7. The predicted octanol–water partition coefficient (Wildman–Crippen LogP) is 2.83. The van der Waals surface area contributed by atoms with Crippen LogP contribution in [0.1, 0.15) is 14.7 Å². The van der Waals surface area contributed by atoms with Gasteiger partial charge in [-0.05, 0) is 19.1 Å². The largest absolute Gasteiger partial charge is 0.497 e. The van der Waals surface area contributed by atoms with E-state index in [-0.39, 0.29) is 4.88 Å². The molecule has 1 aromatic heterocycles. The van der Waals surface area contributed by atoms with Crippen LogP contribution < -0.4 is 9.47 Å². The molecule has 2 rings (SSSR count). The van der Waals surface area contributed by atoms with Crippen LogP contribution in [0.25, 0.3) is 11.3 Å². The molecule has 0 bridgehead atoms. The van der Waals surface area contributed by atoms with Gasteiger partial charge in [0.15, 0.2) is 0 Å². The zero-order valence-electron chi connectivity index (χ0n) is 10.8. The molecule has 0 unspecified atom stereocenters. The molecule has 0 saturated carbocycles. The Kier molecular flexibility index (Phi) is 3.71. The standard InChI is InChI=1S/C13H13NO4S/c1-7-14-11(12(19-7)13(15)16)9-5-4-8(17-2)6-10(9)18-3/h4-6H,1-3H3,(H,15,16). The van der Waals surface area contributed by atoms with Gasteiger partial charge in [0.25, 0.3) is 0 Å². The van der Waals surface area contributed by atoms with E-state index in [1.54, 1.807) is 32.2 Å². The normalized spacial score (nSPS) is 10.3. The van der Waals surface area contributed by atoms with Crippen molar-refractivity contribution in [3.8, 4) is 22.8 Å². The summed E-state index contributed by atoms with van der Waals surface area (Å²) in [6.45, 7) is 1.77. The fourth-order valence-electron chi connectivity index (χ4n) is 1.75. The first kappa shape index (κ1) is 13.4. The summed E-state index contributed by atoms with van der Waals surface area (Å²) in [6, 6.07) is 5.20. The SMILES string of the molecule is COc1ccc(-c2nc(C)sc2C(=O)O)c(OC)c1. The van der Waals surface area contributed by atoms with Gasteiger partial charge in [0.2, 0.25) is 0 Å². The molecule has 0 amide bonds. The zero-order chi connectivity index (χ0) is 14.0. The molecule has 100 valence electrons. The van der Waals surface area contributed by atoms with Crippen molar-refractivity contribution in [1.29, 1.82) is 0 Å². The Morgan fingerprint density at radius 3 is 2.63 bits per heavy atom. The van der Waals surface area contributed by atoms with Gasteiger partial charge in [-0.15, -0.1) is 11.3 Å². The third-order valence-corrected chi connectivity index (χ3v) is 3.55. The number of aromatic carboxylic acids is 1. The molecule has 0 aliphatic rings. The van der Waals surface area contributed by atoms with Crippen molar-refractivity contribution in [3.05, 3.63) is 28.1 Å². The number of aromatic nitrogens is 1. The number of nitrogens with zero attached hydrogens (tertiary/aromatic N) is 1. The highest BCUT2D eigenvalue weighted by Crippen LogP contribution is 2.36. The molecule has 0 fully saturated rings. The smallest absolute Gasteiger partial charge is 0.348 e. The second kappa shape index (κ2) is 5.27. The van der Waals surface area contributed by atoms with E-state index in [9.17, 15) is 9.90 Å². The second-order valence-electron chi connectivity index (χ2n) is 3.78. The number of benzene rings is 1. The number of methoxy groups -OCH3 is 2. The van der Waals surface area contributed by atoms with Gasteiger partial charge in [-0.2, -0.15) is 0 Å². The number of thiazole rings is 1. The summed E-state index contributed by atoms with van der Waals surface area (Å²) >= 11 is 1.15. The van der Waals surface area contributed by atoms with Gasteiger partial charge in [0.05, 0.1) is 24.9 Å². The molecule has 0 atom stereocenters. The van der Waals surface area contributed by atoms with Gasteiger partial charge in [0, 0.05) is 11.6 Å². The molecule has 0 aliphatic heterocycles. The summed E-state index contributed by atoms with van der Waals surface area (Å²) in [5.41, 5.74) is 1.07. The molecular weight excluding hydrogens is 266 g/mol. The van der Waals surface area contributed by atoms with Crippen LogP contribution in [0.15, 0.2) is 18.2 Å². The maximum absolute atomic E-state index is 11.2. The Morgan fingerprint density at radius 2 is 2.05 bits per heavy atom. The Bertz CT molecular complexity index is 621. The van der Waals surface area contributed by atoms with Crippen LogP contribution in [-0.2, 0) is 0 Å². The van der Waals surface area contributed by atoms with Crippen molar-refractivity contribution >= 4 is 17.3 Å². The van der Waals surface area contributed by atoms with Crippen molar-refractivity contribution in [2.24, 2.45) is 0 Å². The average molecular weight is 279 g/mol. The highest BCUT2D eigenvalue weighted by molar-refractivity contribution is 7.14. The van der Waals surface area contributed by atoms with Crippen LogP contribution in [0.2, 0.25) is 0 Å². The van der Waals surface area contributed by atoms with Crippen molar-refractivity contribution < 1.29 is 19.4 Å². The molecule has 1 N–H and O–H groups in total. The lowest BCUT2D eigenvalue weighted by Gasteiger charge is -2.09. The summed E-state index contributed by atoms with van der Waals surface area (Å²) in [7, 11) is 3.09. The zero-order valence-corrected chi connectivity index (χ0v) is 11.6. The second-order valence-corrected chi connectivity index (χ2v) is 4.99. The lowest BCUT2D eigenvalue weighted by atomic mass is 10.1. The van der Waals surface area contributed by atoms with Crippen molar-refractivity contribution in [2.45, 2.75) is 6.92 Å². The fraction of sp³-hybridized carbons (Fsp3) is 0.231. The Hall–Kier alpha value is -2.08. The number of carboxylic acid groups (broad SMARTS) is 1. The van der Waals surface area contributed by atoms with Crippen LogP contribution in [0.3, 0.4) is 0 Å². The maximum atomic E-state index is 11.2. The highest BCUT2D eigenvalue weighted by atomic mass is 32.1. The first-order valence-electron chi connectivity index (χ1n) is 5.50. The minimum atomic E-state index is -0.988. The first-order valence-corrected chi connectivity index (χ1v) is 6.31. The third kappa shape index (κ3) is 2.53. The molecule has 19 heavy (non-hydrogen) atoms. The summed E-state index contributed by atoms with van der Waals surface area (Å²) < 4.78 is 10.4. The van der Waals surface area contributed by atoms with Gasteiger partial charge in [-0.1, -0.05) is 0 Å². The quantitative estimate of drug-likeness (QED) is 0.932. The van der Waals surface area contributed by atoms with Crippen LogP contribution in [0.4, 0.5) is 0 Å². The Balaban J connectivity index is 2.61. The van der Waals surface area contributed by atoms with E-state index in [0.717, 1.165) is 11.3 Å². The minimum Gasteiger partial charge on any atom is -0.497 e. The number of hydrogen-bond acceptors (Lipinski definition) is 5. The van der Waals surface area contributed by atoms with Crippen molar-refractivity contribution in [3.63, 3.8) is 0 Å². The molecule has 0 radical (unpaired) electrons. The van der Waals surface area contributed by atoms with Gasteiger partial charge < -0.3 is 14.6 Å². The summed E-state index contributed by atoms with van der Waals surface area (Å²) in [5, 5.41) is 9.91. The molecule has 6 heteroatoms. The number of ether oxygens (including phenoxy) is 2. The van der Waals surface area contributed by atoms with E-state index in [2.05, 4.69) is 4.98 Å². The van der Waals surface area contributed by atoms with E-state index in [1.807, 2.05) is 0 Å². The molecule has 0 aliphatic carbocycles. The van der Waals surface area contributed by atoms with Crippen molar-refractivity contribution in [1.82, 2.24) is 4.98 Å². The summed E-state index contributed by atoms with van der Waals surface area (Å²) in [6.07, 6.45) is 0. The topological polar surface area (TPSA) is 68.7 Å². The first-order chi connectivity index (χ1) is 9.06. The highest BCUT2D eigenvalue weighted by Gasteiger charge is 2.20. The van der Waals surface area contributed by atoms with Gasteiger partial charge in [-0.25, -0.2) is 9.78 Å². The van der Waals surface area contributed by atoms with E-state index in [1.165, 1.54) is 7.11 Å². The van der Waals surface area contributed by atoms with Crippen molar-refractivity contribution in [2.75, 3.05) is 14.2 Å². The van der Waals surface area contributed by atoms with Gasteiger partial charge in [-0.3, -0.25) is 0 Å². The fourth-order valence-corrected chi connectivity index (χ4v) is 2.52. The Labute approximate surface area is 114 Å². The lowest BCUT2D eigenvalue weighted by molar-refractivity contribution is 0.0702. The number of carboxylic acids is 1. The maximum Gasteiger partial charge on any atom is 0.348 e. The van der Waals surface area contributed by atoms with Gasteiger partial charge in [0.1, 0.15) is 16.4 Å². The monoisotopic (exact) mass is 279 g/mol. The molecule has 0 spiro atoms. The van der Waals surface area contributed by atoms with Crippen LogP contribution in [-0.4, -0.2) is 30.3 Å². The molecule has 1 heterocycles. The summed E-state index contributed by atoms with van der Waals surface area (Å²) in [5.74, 6) is 0.190. The predicted molar refractivity (Wildman–Crippen MR) is 72.4 cm³/mol. The number of rotatable bonds is 4. The number of carbonyl (C=O) groups is 1. The average Bonchev–Trinajstić information content (AvgIpc) is 2.80. The van der Waals surface area contributed by atoms with Gasteiger partial charge >= 0.3 is 5.97 Å². The van der Waals surface area contributed by atoms with E-state index in [0.29, 0.717) is 27.8 Å². The third-order valence-electron chi connectivity index (χ3n) is 2.59. The Morgan fingerprint density at radius 1 is 1.32 bits per heavy atom. The van der Waals surface area contributed by atoms with E-state index in [4.69, 9.17) is 9.47 Å². The molecular formula is C13H13NO4S. The number of hydrogen-bond donors (Lipinski definition) is 1. The van der Waals surface area contributed by atoms with Crippen LogP contribution >= 0.6 is 11.3 Å². The van der Waals surface area contributed by atoms with Crippen LogP contribution in [0.5, 0.6) is 11.5 Å². The lowest BCUT2D eigenvalue weighted by Crippen LogP contribution is -1.97. The molecule has 0 saturated heterocycles. The van der Waals surface area contributed by atoms with E-state index >= 15 is 0 Å². The molecule has 2 aromatic rings. The van der Waals surface area contributed by atoms with E-state index < -0.39 is 5.97 Å². The number of aryl methyl sites for hydroxylation is 1. The molecule has 5 nitrogen and oxygen atoms in total.